The molecule has 3 unspecified atom stereocenters. The van der Waals surface area contributed by atoms with Crippen molar-refractivity contribution in [2.75, 3.05) is 11.4 Å². The van der Waals surface area contributed by atoms with Crippen LogP contribution in [0, 0.1) is 5.92 Å². The van der Waals surface area contributed by atoms with E-state index >= 15 is 0 Å². The average molecular weight is 508 g/mol. The van der Waals surface area contributed by atoms with Gasteiger partial charge in [-0.3, -0.25) is 14.5 Å². The zero-order valence-corrected chi connectivity index (χ0v) is 19.0. The van der Waals surface area contributed by atoms with Crippen LogP contribution >= 0.6 is 11.6 Å². The number of halogens is 4. The van der Waals surface area contributed by atoms with Crippen molar-refractivity contribution in [2.45, 2.75) is 36.9 Å². The maximum Gasteiger partial charge on any atom is 0.278 e. The Morgan fingerprint density at radius 1 is 1.23 bits per heavy atom. The molecule has 4 rings (SSSR count). The van der Waals surface area contributed by atoms with Crippen molar-refractivity contribution in [3.63, 3.8) is 0 Å². The van der Waals surface area contributed by atoms with Gasteiger partial charge < -0.3 is 9.73 Å². The standard InChI is InChI=1S/C23H21ClF3N5O3/c24-19(25)22(34)32(17-5-3-14(4-6-17)21-30-8-9-35-21)18(15-10-28-13-29-11-15)20(33)31-12-16-2-1-7-23(16,26)27/h3-6,8-11,13,16,18-19H,1-2,7,12H2,(H,31,33). The van der Waals surface area contributed by atoms with E-state index in [1.165, 1.54) is 43.3 Å². The summed E-state index contributed by atoms with van der Waals surface area (Å²) >= 11 is 5.49. The van der Waals surface area contributed by atoms with Gasteiger partial charge in [0.05, 0.1) is 6.20 Å². The molecule has 1 saturated carbocycles. The first-order valence-electron chi connectivity index (χ1n) is 10.8. The summed E-state index contributed by atoms with van der Waals surface area (Å²) in [6, 6.07) is 4.60. The number of oxazole rings is 1. The third-order valence-corrected chi connectivity index (χ3v) is 6.02. The van der Waals surface area contributed by atoms with Crippen molar-refractivity contribution < 1.29 is 27.2 Å². The summed E-state index contributed by atoms with van der Waals surface area (Å²) in [6.07, 6.45) is 6.99. The Bertz CT molecular complexity index is 1150. The van der Waals surface area contributed by atoms with Crippen LogP contribution in [0.3, 0.4) is 0 Å². The van der Waals surface area contributed by atoms with E-state index in [-0.39, 0.29) is 30.6 Å². The van der Waals surface area contributed by atoms with E-state index in [0.717, 1.165) is 4.90 Å². The van der Waals surface area contributed by atoms with Crippen LogP contribution in [0.1, 0.15) is 30.9 Å². The number of carbonyl (C=O) groups is 2. The third kappa shape index (κ3) is 5.45. The number of hydrogen-bond donors (Lipinski definition) is 1. The molecule has 0 aliphatic heterocycles. The highest BCUT2D eigenvalue weighted by Gasteiger charge is 2.44. The van der Waals surface area contributed by atoms with Crippen molar-refractivity contribution in [3.05, 3.63) is 61.0 Å². The van der Waals surface area contributed by atoms with Crippen LogP contribution in [-0.4, -0.2) is 44.9 Å². The fourth-order valence-electron chi connectivity index (χ4n) is 4.08. The predicted molar refractivity (Wildman–Crippen MR) is 120 cm³/mol. The molecule has 1 N–H and O–H groups in total. The van der Waals surface area contributed by atoms with Gasteiger partial charge in [-0.2, -0.15) is 0 Å². The monoisotopic (exact) mass is 507 g/mol. The van der Waals surface area contributed by atoms with Gasteiger partial charge in [-0.15, -0.1) is 0 Å². The van der Waals surface area contributed by atoms with Gasteiger partial charge in [0.1, 0.15) is 18.6 Å². The molecule has 1 aromatic carbocycles. The van der Waals surface area contributed by atoms with E-state index in [1.807, 2.05) is 0 Å². The molecule has 12 heteroatoms. The summed E-state index contributed by atoms with van der Waals surface area (Å²) < 4.78 is 47.5. The fourth-order valence-corrected chi connectivity index (χ4v) is 4.19. The minimum Gasteiger partial charge on any atom is -0.445 e. The van der Waals surface area contributed by atoms with Gasteiger partial charge in [0.25, 0.3) is 17.5 Å². The smallest absolute Gasteiger partial charge is 0.278 e. The zero-order chi connectivity index (χ0) is 25.0. The van der Waals surface area contributed by atoms with E-state index in [0.29, 0.717) is 17.9 Å². The molecule has 0 radical (unpaired) electrons. The number of rotatable bonds is 8. The number of alkyl halides is 4. The molecule has 0 saturated heterocycles. The van der Waals surface area contributed by atoms with Gasteiger partial charge >= 0.3 is 0 Å². The van der Waals surface area contributed by atoms with Gasteiger partial charge in [-0.05, 0) is 37.1 Å². The lowest BCUT2D eigenvalue weighted by Gasteiger charge is -2.31. The average Bonchev–Trinajstić information content (AvgIpc) is 3.50. The van der Waals surface area contributed by atoms with Crippen LogP contribution < -0.4 is 10.2 Å². The molecule has 35 heavy (non-hydrogen) atoms. The van der Waals surface area contributed by atoms with Crippen molar-refractivity contribution in [3.8, 4) is 11.5 Å². The lowest BCUT2D eigenvalue weighted by molar-refractivity contribution is -0.128. The van der Waals surface area contributed by atoms with Crippen molar-refractivity contribution in [1.82, 2.24) is 20.3 Å². The number of amides is 2. The molecule has 1 aliphatic rings. The molecular weight excluding hydrogens is 487 g/mol. The summed E-state index contributed by atoms with van der Waals surface area (Å²) in [4.78, 5) is 38.9. The second-order valence-corrected chi connectivity index (χ2v) is 8.45. The molecule has 0 spiro atoms. The van der Waals surface area contributed by atoms with E-state index < -0.39 is 35.3 Å². The second kappa shape index (κ2) is 10.4. The van der Waals surface area contributed by atoms with Gasteiger partial charge in [0.15, 0.2) is 0 Å². The van der Waals surface area contributed by atoms with Crippen LogP contribution in [0.2, 0.25) is 0 Å². The van der Waals surface area contributed by atoms with E-state index in [1.54, 1.807) is 12.1 Å². The predicted octanol–water partition coefficient (Wildman–Crippen LogP) is 4.29. The van der Waals surface area contributed by atoms with E-state index in [9.17, 15) is 22.8 Å². The van der Waals surface area contributed by atoms with Crippen LogP contribution in [-0.2, 0) is 9.59 Å². The van der Waals surface area contributed by atoms with Crippen molar-refractivity contribution in [1.29, 1.82) is 0 Å². The number of aromatic nitrogens is 3. The van der Waals surface area contributed by atoms with E-state index in [2.05, 4.69) is 20.3 Å². The lowest BCUT2D eigenvalue weighted by Crippen LogP contribution is -2.47. The fraction of sp³-hybridized carbons (Fsp3) is 0.348. The zero-order valence-electron chi connectivity index (χ0n) is 18.3. The lowest BCUT2D eigenvalue weighted by atomic mass is 10.0. The number of nitrogens with one attached hydrogen (secondary N) is 1. The van der Waals surface area contributed by atoms with Crippen LogP contribution in [0.15, 0.2) is 59.9 Å². The first-order valence-corrected chi connectivity index (χ1v) is 11.2. The normalized spacial score (nSPS) is 18.6. The highest BCUT2D eigenvalue weighted by atomic mass is 35.5. The summed E-state index contributed by atoms with van der Waals surface area (Å²) in [5, 5.41) is 2.50. The minimum absolute atomic E-state index is 0.129. The van der Waals surface area contributed by atoms with Crippen molar-refractivity contribution in [2.24, 2.45) is 5.92 Å². The Labute approximate surface area is 203 Å². The van der Waals surface area contributed by atoms with Crippen molar-refractivity contribution >= 4 is 29.1 Å². The molecular formula is C23H21ClF3N5O3. The number of carbonyl (C=O) groups excluding carboxylic acids is 2. The molecule has 2 aromatic heterocycles. The third-order valence-electron chi connectivity index (χ3n) is 5.83. The summed E-state index contributed by atoms with van der Waals surface area (Å²) in [5.74, 6) is -5.64. The van der Waals surface area contributed by atoms with Crippen LogP contribution in [0.25, 0.3) is 11.5 Å². The summed E-state index contributed by atoms with van der Waals surface area (Å²) in [5.41, 5.74) is -1.63. The number of hydrogen-bond acceptors (Lipinski definition) is 6. The Kier molecular flexibility index (Phi) is 7.34. The highest BCUT2D eigenvalue weighted by Crippen LogP contribution is 2.40. The Hall–Kier alpha value is -3.47. The maximum atomic E-state index is 14.1. The topological polar surface area (TPSA) is 101 Å². The van der Waals surface area contributed by atoms with Gasteiger partial charge in [0.2, 0.25) is 11.8 Å². The molecule has 8 nitrogen and oxygen atoms in total. The molecule has 3 aromatic rings. The number of anilines is 1. The minimum atomic E-state index is -2.90. The molecule has 1 fully saturated rings. The highest BCUT2D eigenvalue weighted by molar-refractivity contribution is 6.32. The summed E-state index contributed by atoms with van der Waals surface area (Å²) in [7, 11) is 0. The molecule has 184 valence electrons. The maximum absolute atomic E-state index is 14.1. The first-order chi connectivity index (χ1) is 16.8. The number of benzene rings is 1. The van der Waals surface area contributed by atoms with Gasteiger partial charge in [-0.25, -0.2) is 28.1 Å². The number of nitrogens with zero attached hydrogens (tertiary/aromatic N) is 4. The quantitative estimate of drug-likeness (QED) is 0.456. The Morgan fingerprint density at radius 3 is 2.51 bits per heavy atom. The molecule has 2 amide bonds. The second-order valence-electron chi connectivity index (χ2n) is 8.06. The van der Waals surface area contributed by atoms with Crippen LogP contribution in [0.5, 0.6) is 0 Å². The molecule has 0 bridgehead atoms. The van der Waals surface area contributed by atoms with Gasteiger partial charge in [-0.1, -0.05) is 11.6 Å². The Morgan fingerprint density at radius 2 is 1.94 bits per heavy atom. The largest absolute Gasteiger partial charge is 0.445 e. The van der Waals surface area contributed by atoms with Gasteiger partial charge in [0, 0.05) is 48.1 Å². The molecule has 3 atom stereocenters. The Balaban J connectivity index is 1.68. The SMILES string of the molecule is O=C(NCC1CCCC1(F)F)C(c1cncnc1)N(C(=O)C(F)Cl)c1ccc(-c2ncco2)cc1. The molecule has 2 heterocycles. The first kappa shape index (κ1) is 24.6. The molecule has 1 aliphatic carbocycles. The van der Waals surface area contributed by atoms with E-state index in [4.69, 9.17) is 16.0 Å². The van der Waals surface area contributed by atoms with Crippen LogP contribution in [0.4, 0.5) is 18.9 Å². The summed E-state index contributed by atoms with van der Waals surface area (Å²) in [6.45, 7) is -0.304.